The zero-order valence-electron chi connectivity index (χ0n) is 16.7. The Morgan fingerprint density at radius 2 is 1.92 bits per heavy atom. The molecule has 26 heavy (non-hydrogen) atoms. The summed E-state index contributed by atoms with van der Waals surface area (Å²) < 4.78 is 11.1. The minimum absolute atomic E-state index is 0.117. The van der Waals surface area contributed by atoms with E-state index in [2.05, 4.69) is 5.32 Å². The van der Waals surface area contributed by atoms with Gasteiger partial charge in [-0.1, -0.05) is 13.8 Å². The lowest BCUT2D eigenvalue weighted by Gasteiger charge is -2.32. The number of amides is 1. The van der Waals surface area contributed by atoms with Crippen LogP contribution in [0.25, 0.3) is 0 Å². The van der Waals surface area contributed by atoms with Crippen LogP contribution in [0.15, 0.2) is 12.1 Å². The van der Waals surface area contributed by atoms with Gasteiger partial charge in [0.25, 0.3) is 0 Å². The second-order valence-electron chi connectivity index (χ2n) is 7.75. The minimum atomic E-state index is -0.206. The summed E-state index contributed by atoms with van der Waals surface area (Å²) in [4.78, 5) is 13.8. The topological polar surface area (TPSA) is 76.8 Å². The van der Waals surface area contributed by atoms with Gasteiger partial charge in [-0.3, -0.25) is 0 Å². The van der Waals surface area contributed by atoms with Crippen LogP contribution < -0.4 is 15.8 Å². The highest BCUT2D eigenvalue weighted by Gasteiger charge is 2.24. The predicted octanol–water partition coefficient (Wildman–Crippen LogP) is 4.03. The standard InChI is InChI=1S/C20H33N3O3/c1-13(2)12-25-20(24)23-8-6-16(7-9-23)22-18-10-15(5)19(11-17(18)21)26-14(3)4/h10-11,13-14,16,22H,6-9,12,21H2,1-5H3. The van der Waals surface area contributed by atoms with Gasteiger partial charge in [-0.25, -0.2) is 4.79 Å². The van der Waals surface area contributed by atoms with Crippen LogP contribution in [0.3, 0.4) is 0 Å². The van der Waals surface area contributed by atoms with Crippen LogP contribution in [0.2, 0.25) is 0 Å². The molecule has 0 saturated carbocycles. The van der Waals surface area contributed by atoms with Crippen molar-refractivity contribution in [3.05, 3.63) is 17.7 Å². The Kier molecular flexibility index (Phi) is 7.00. The molecule has 0 spiro atoms. The van der Waals surface area contributed by atoms with E-state index in [4.69, 9.17) is 15.2 Å². The molecule has 1 aromatic carbocycles. The molecule has 6 nitrogen and oxygen atoms in total. The Morgan fingerprint density at radius 1 is 1.27 bits per heavy atom. The predicted molar refractivity (Wildman–Crippen MR) is 106 cm³/mol. The number of likely N-dealkylation sites (tertiary alicyclic amines) is 1. The molecule has 0 radical (unpaired) electrons. The van der Waals surface area contributed by atoms with E-state index < -0.39 is 0 Å². The first kappa shape index (κ1) is 20.2. The fourth-order valence-corrected chi connectivity index (χ4v) is 2.97. The number of benzene rings is 1. The second kappa shape index (κ2) is 9.01. The van der Waals surface area contributed by atoms with Crippen molar-refractivity contribution in [1.82, 2.24) is 4.90 Å². The van der Waals surface area contributed by atoms with Gasteiger partial charge >= 0.3 is 6.09 Å². The summed E-state index contributed by atoms with van der Waals surface area (Å²) in [5.41, 5.74) is 8.88. The van der Waals surface area contributed by atoms with Gasteiger partial charge in [0.2, 0.25) is 0 Å². The maximum atomic E-state index is 12.0. The highest BCUT2D eigenvalue weighted by atomic mass is 16.6. The van der Waals surface area contributed by atoms with E-state index in [0.29, 0.717) is 37.3 Å². The molecule has 1 aromatic rings. The van der Waals surface area contributed by atoms with Crippen LogP contribution in [0.4, 0.5) is 16.2 Å². The number of ether oxygens (including phenoxy) is 2. The fourth-order valence-electron chi connectivity index (χ4n) is 2.97. The number of nitrogens with one attached hydrogen (secondary N) is 1. The molecule has 0 atom stereocenters. The SMILES string of the molecule is Cc1cc(NC2CCN(C(=O)OCC(C)C)CC2)c(N)cc1OC(C)C. The lowest BCUT2D eigenvalue weighted by molar-refractivity contribution is 0.0845. The van der Waals surface area contributed by atoms with E-state index in [1.807, 2.05) is 46.8 Å². The van der Waals surface area contributed by atoms with Crippen molar-refractivity contribution in [2.75, 3.05) is 30.7 Å². The average molecular weight is 364 g/mol. The summed E-state index contributed by atoms with van der Waals surface area (Å²) in [5.74, 6) is 1.18. The quantitative estimate of drug-likeness (QED) is 0.746. The van der Waals surface area contributed by atoms with Crippen molar-refractivity contribution < 1.29 is 14.3 Å². The van der Waals surface area contributed by atoms with E-state index in [9.17, 15) is 4.79 Å². The van der Waals surface area contributed by atoms with Crippen molar-refractivity contribution >= 4 is 17.5 Å². The lowest BCUT2D eigenvalue weighted by Crippen LogP contribution is -2.43. The number of hydrogen-bond acceptors (Lipinski definition) is 5. The number of aryl methyl sites for hydroxylation is 1. The lowest BCUT2D eigenvalue weighted by atomic mass is 10.0. The minimum Gasteiger partial charge on any atom is -0.491 e. The molecule has 1 heterocycles. The molecule has 2 rings (SSSR count). The Labute approximate surface area is 157 Å². The molecule has 0 aliphatic carbocycles. The summed E-state index contributed by atoms with van der Waals surface area (Å²) in [5, 5.41) is 3.52. The zero-order chi connectivity index (χ0) is 19.3. The van der Waals surface area contributed by atoms with Gasteiger partial charge in [-0.2, -0.15) is 0 Å². The molecule has 146 valence electrons. The first-order valence-corrected chi connectivity index (χ1v) is 9.51. The van der Waals surface area contributed by atoms with Gasteiger partial charge in [0.05, 0.1) is 24.1 Å². The van der Waals surface area contributed by atoms with Crippen LogP contribution >= 0.6 is 0 Å². The number of nitrogens with zero attached hydrogens (tertiary/aromatic N) is 1. The maximum absolute atomic E-state index is 12.0. The van der Waals surface area contributed by atoms with Crippen LogP contribution in [-0.4, -0.2) is 42.8 Å². The van der Waals surface area contributed by atoms with Crippen molar-refractivity contribution in [2.24, 2.45) is 5.92 Å². The van der Waals surface area contributed by atoms with Crippen molar-refractivity contribution in [2.45, 2.75) is 59.6 Å². The van der Waals surface area contributed by atoms with Crippen molar-refractivity contribution in [3.63, 3.8) is 0 Å². The van der Waals surface area contributed by atoms with Crippen molar-refractivity contribution in [1.29, 1.82) is 0 Å². The second-order valence-corrected chi connectivity index (χ2v) is 7.75. The molecule has 0 bridgehead atoms. The monoisotopic (exact) mass is 363 g/mol. The maximum Gasteiger partial charge on any atom is 0.409 e. The van der Waals surface area contributed by atoms with E-state index >= 15 is 0 Å². The number of carbonyl (C=O) groups is 1. The summed E-state index contributed by atoms with van der Waals surface area (Å²) >= 11 is 0. The van der Waals surface area contributed by atoms with Crippen LogP contribution in [0, 0.1) is 12.8 Å². The Bertz CT molecular complexity index is 609. The normalized spacial score (nSPS) is 15.4. The average Bonchev–Trinajstić information content (AvgIpc) is 2.57. The molecule has 1 aliphatic rings. The highest BCUT2D eigenvalue weighted by molar-refractivity contribution is 5.71. The Hall–Kier alpha value is -2.11. The van der Waals surface area contributed by atoms with Gasteiger partial charge in [0, 0.05) is 25.2 Å². The Morgan fingerprint density at radius 3 is 2.50 bits per heavy atom. The Balaban J connectivity index is 1.89. The molecule has 1 amide bonds. The van der Waals surface area contributed by atoms with E-state index in [1.165, 1.54) is 0 Å². The van der Waals surface area contributed by atoms with E-state index in [1.54, 1.807) is 4.90 Å². The van der Waals surface area contributed by atoms with Gasteiger partial charge in [-0.05, 0) is 51.2 Å². The number of rotatable bonds is 6. The molecule has 1 fully saturated rings. The molecular weight excluding hydrogens is 330 g/mol. The van der Waals surface area contributed by atoms with E-state index in [0.717, 1.165) is 29.8 Å². The number of carbonyl (C=O) groups excluding carboxylic acids is 1. The first-order valence-electron chi connectivity index (χ1n) is 9.51. The van der Waals surface area contributed by atoms with Gasteiger partial charge < -0.3 is 25.4 Å². The third kappa shape index (κ3) is 5.71. The molecular formula is C20H33N3O3. The van der Waals surface area contributed by atoms with Crippen molar-refractivity contribution in [3.8, 4) is 5.75 Å². The molecule has 1 saturated heterocycles. The third-order valence-electron chi connectivity index (χ3n) is 4.36. The summed E-state index contributed by atoms with van der Waals surface area (Å²) in [6.45, 7) is 12.0. The molecule has 0 aromatic heterocycles. The number of piperidine rings is 1. The molecule has 1 aliphatic heterocycles. The largest absolute Gasteiger partial charge is 0.491 e. The van der Waals surface area contributed by atoms with Crippen LogP contribution in [-0.2, 0) is 4.74 Å². The number of nitrogens with two attached hydrogens (primary N) is 1. The summed E-state index contributed by atoms with van der Waals surface area (Å²) in [7, 11) is 0. The zero-order valence-corrected chi connectivity index (χ0v) is 16.7. The van der Waals surface area contributed by atoms with Gasteiger partial charge in [0.15, 0.2) is 0 Å². The number of anilines is 2. The molecule has 0 unspecified atom stereocenters. The van der Waals surface area contributed by atoms with Gasteiger partial charge in [-0.15, -0.1) is 0 Å². The smallest absolute Gasteiger partial charge is 0.409 e. The van der Waals surface area contributed by atoms with E-state index in [-0.39, 0.29) is 12.2 Å². The fraction of sp³-hybridized carbons (Fsp3) is 0.650. The van der Waals surface area contributed by atoms with Gasteiger partial charge in [0.1, 0.15) is 5.75 Å². The highest BCUT2D eigenvalue weighted by Crippen LogP contribution is 2.31. The van der Waals surface area contributed by atoms with Crippen LogP contribution in [0.1, 0.15) is 46.1 Å². The third-order valence-corrected chi connectivity index (χ3v) is 4.36. The molecule has 6 heteroatoms. The number of nitrogen functional groups attached to an aromatic ring is 1. The summed E-state index contributed by atoms with van der Waals surface area (Å²) in [6, 6.07) is 4.22. The number of hydrogen-bond donors (Lipinski definition) is 2. The summed E-state index contributed by atoms with van der Waals surface area (Å²) in [6.07, 6.45) is 1.66. The molecule has 3 N–H and O–H groups in total. The van der Waals surface area contributed by atoms with Crippen LogP contribution in [0.5, 0.6) is 5.75 Å². The first-order chi connectivity index (χ1) is 12.3.